The zero-order chi connectivity index (χ0) is 28.2. The van der Waals surface area contributed by atoms with Crippen LogP contribution in [0.25, 0.3) is 0 Å². The van der Waals surface area contributed by atoms with Crippen LogP contribution in [0.4, 0.5) is 0 Å². The highest BCUT2D eigenvalue weighted by atomic mass is 28.4. The van der Waals surface area contributed by atoms with Crippen LogP contribution in [0.2, 0.25) is 5.04 Å². The minimum atomic E-state index is -2.85. The molecule has 6 rings (SSSR count). The van der Waals surface area contributed by atoms with E-state index in [-0.39, 0.29) is 11.6 Å². The average molecular weight is 548 g/mol. The summed E-state index contributed by atoms with van der Waals surface area (Å²) in [6, 6.07) is 30.3. The summed E-state index contributed by atoms with van der Waals surface area (Å²) in [6.45, 7) is 10.7. The molecule has 0 saturated carbocycles. The maximum atomic E-state index is 9.34. The Balaban J connectivity index is 1.39. The second kappa shape index (κ2) is 10.2. The zero-order valence-corrected chi connectivity index (χ0v) is 24.2. The van der Waals surface area contributed by atoms with Crippen molar-refractivity contribution in [3.8, 4) is 0 Å². The molecular weight excluding hydrogens is 508 g/mol. The molecule has 0 aliphatic carbocycles. The Hall–Kier alpha value is -2.36. The highest BCUT2D eigenvalue weighted by Crippen LogP contribution is 2.45. The molecule has 3 aromatic carbocycles. The second-order valence-electron chi connectivity index (χ2n) is 11.9. The number of ether oxygens (including phenoxy) is 5. The Labute approximate surface area is 233 Å². The number of rotatable bonds is 6. The van der Waals surface area contributed by atoms with Gasteiger partial charge in [-0.05, 0) is 29.3 Å². The maximum Gasteiger partial charge on any atom is 0.261 e. The van der Waals surface area contributed by atoms with Crippen molar-refractivity contribution in [2.45, 2.75) is 82.4 Å². The van der Waals surface area contributed by atoms with Crippen LogP contribution >= 0.6 is 0 Å². The lowest BCUT2D eigenvalue weighted by atomic mass is 10.0. The fourth-order valence-electron chi connectivity index (χ4n) is 6.10. The van der Waals surface area contributed by atoms with Crippen molar-refractivity contribution in [1.82, 2.24) is 0 Å². The molecule has 7 heteroatoms. The molecule has 0 amide bonds. The van der Waals surface area contributed by atoms with E-state index in [1.54, 1.807) is 0 Å². The first-order valence-electron chi connectivity index (χ1n) is 14.2. The van der Waals surface area contributed by atoms with Gasteiger partial charge in [0.05, 0.1) is 7.98 Å². The van der Waals surface area contributed by atoms with Crippen LogP contribution in [0.1, 0.15) is 47.8 Å². The van der Waals surface area contributed by atoms with Gasteiger partial charge in [-0.2, -0.15) is 0 Å². The van der Waals surface area contributed by atoms with Crippen LogP contribution in [-0.4, -0.2) is 51.4 Å². The van der Waals surface area contributed by atoms with Gasteiger partial charge in [0.25, 0.3) is 8.32 Å². The van der Waals surface area contributed by atoms with E-state index in [2.05, 4.69) is 69.3 Å². The van der Waals surface area contributed by atoms with Crippen molar-refractivity contribution in [2.24, 2.45) is 0 Å². The van der Waals surface area contributed by atoms with E-state index >= 15 is 0 Å². The van der Waals surface area contributed by atoms with Crippen LogP contribution in [0.15, 0.2) is 91.0 Å². The normalized spacial score (nSPS) is 32.3. The molecule has 3 saturated heterocycles. The molecule has 3 fully saturated rings. The molecule has 3 aliphatic rings. The third kappa shape index (κ3) is 4.91. The molecule has 3 heterocycles. The minimum Gasteiger partial charge on any atom is -0.405 e. The van der Waals surface area contributed by atoms with E-state index in [4.69, 9.17) is 28.1 Å². The summed E-state index contributed by atoms with van der Waals surface area (Å²) in [6.07, 6.45) is -4.53. The van der Waals surface area contributed by atoms with Crippen molar-refractivity contribution in [3.05, 3.63) is 96.6 Å². The van der Waals surface area contributed by atoms with E-state index in [0.717, 1.165) is 0 Å². The topological polar surface area (TPSA) is 55.4 Å². The summed E-state index contributed by atoms with van der Waals surface area (Å²) in [5.74, 6) is -0.805. The lowest BCUT2D eigenvalue weighted by molar-refractivity contribution is -0.312. The molecule has 0 N–H and O–H groups in total. The molecular formula is C32H38O6Si. The Bertz CT molecular complexity index is 1260. The highest BCUT2D eigenvalue weighted by Gasteiger charge is 2.61. The quantitative estimate of drug-likeness (QED) is 0.409. The van der Waals surface area contributed by atoms with Gasteiger partial charge in [0.2, 0.25) is 0 Å². The molecule has 0 bridgehead atoms. The molecule has 0 radical (unpaired) electrons. The number of hydrogen-bond acceptors (Lipinski definition) is 6. The third-order valence-corrected chi connectivity index (χ3v) is 12.8. The molecule has 3 aliphatic heterocycles. The summed E-state index contributed by atoms with van der Waals surface area (Å²) in [4.78, 5) is 0. The first-order chi connectivity index (χ1) is 19.0. The fraction of sp³-hybridized carbons (Fsp3) is 0.438. The molecule has 39 heavy (non-hydrogen) atoms. The van der Waals surface area contributed by atoms with Gasteiger partial charge >= 0.3 is 0 Å². The lowest BCUT2D eigenvalue weighted by Crippen LogP contribution is -2.67. The highest BCUT2D eigenvalue weighted by molar-refractivity contribution is 6.99. The van der Waals surface area contributed by atoms with Gasteiger partial charge in [0, 0.05) is 5.56 Å². The second-order valence-corrected chi connectivity index (χ2v) is 16.2. The van der Waals surface area contributed by atoms with Crippen LogP contribution in [0.3, 0.4) is 0 Å². The smallest absolute Gasteiger partial charge is 0.261 e. The third-order valence-electron chi connectivity index (χ3n) is 7.79. The summed E-state index contributed by atoms with van der Waals surface area (Å²) in [5, 5.41) is 2.14. The summed E-state index contributed by atoms with van der Waals surface area (Å²) < 4.78 is 48.0. The standard InChI is InChI=1S/C32H38O6Si/c1-31(2,3)39(23-17-11-7-12-18-23,24-19-13-8-14-20-24)33-21-25-26-27(28-30(35-26)38-32(4,5)37-28)36-29(34-25)22-15-9-6-10-16-22/h6-20,25-30H,21H2,1-5H3/t25-,26-,27+,28-,29+,30-/m1/s1/i29D. The molecule has 206 valence electrons. The largest absolute Gasteiger partial charge is 0.405 e. The van der Waals surface area contributed by atoms with E-state index < -0.39 is 51.1 Å². The SMILES string of the molecule is [2H][C@@]1(c2ccccc2)O[C@@H]2[C@H]3OC(C)(C)O[C@H]3O[C@@H]2[C@@H](CO[Si](c2ccccc2)(c2ccccc2)C(C)(C)C)O1. The Morgan fingerprint density at radius 1 is 0.744 bits per heavy atom. The summed E-state index contributed by atoms with van der Waals surface area (Å²) in [5.41, 5.74) is 0.602. The van der Waals surface area contributed by atoms with E-state index in [9.17, 15) is 1.37 Å². The van der Waals surface area contributed by atoms with Crippen molar-refractivity contribution >= 4 is 18.7 Å². The first-order valence-corrected chi connectivity index (χ1v) is 15.6. The fourth-order valence-corrected chi connectivity index (χ4v) is 10.7. The van der Waals surface area contributed by atoms with Crippen LogP contribution in [0, 0.1) is 0 Å². The van der Waals surface area contributed by atoms with Crippen LogP contribution < -0.4 is 10.4 Å². The average Bonchev–Trinajstić information content (AvgIpc) is 3.42. The van der Waals surface area contributed by atoms with Gasteiger partial charge in [0.1, 0.15) is 24.4 Å². The predicted molar refractivity (Wildman–Crippen MR) is 151 cm³/mol. The molecule has 6 atom stereocenters. The molecule has 6 nitrogen and oxygen atoms in total. The Kier molecular flexibility index (Phi) is 6.72. The number of hydrogen-bond donors (Lipinski definition) is 0. The summed E-state index contributed by atoms with van der Waals surface area (Å²) >= 11 is 0. The summed E-state index contributed by atoms with van der Waals surface area (Å²) in [7, 11) is -2.85. The van der Waals surface area contributed by atoms with Gasteiger partial charge in [-0.1, -0.05) is 112 Å². The Morgan fingerprint density at radius 3 is 1.87 bits per heavy atom. The van der Waals surface area contributed by atoms with Gasteiger partial charge in [-0.15, -0.1) is 0 Å². The number of benzene rings is 3. The van der Waals surface area contributed by atoms with Gasteiger partial charge in [-0.3, -0.25) is 0 Å². The molecule has 0 spiro atoms. The van der Waals surface area contributed by atoms with Gasteiger partial charge < -0.3 is 28.1 Å². The van der Waals surface area contributed by atoms with Crippen LogP contribution in [-0.2, 0) is 28.1 Å². The molecule has 0 unspecified atom stereocenters. The monoisotopic (exact) mass is 547 g/mol. The lowest BCUT2D eigenvalue weighted by Gasteiger charge is -2.45. The van der Waals surface area contributed by atoms with Gasteiger partial charge in [0.15, 0.2) is 18.3 Å². The maximum absolute atomic E-state index is 9.34. The number of fused-ring (bicyclic) bond motifs is 3. The van der Waals surface area contributed by atoms with Gasteiger partial charge in [-0.25, -0.2) is 0 Å². The van der Waals surface area contributed by atoms with Crippen molar-refractivity contribution in [3.63, 3.8) is 0 Å². The molecule has 3 aromatic rings. The van der Waals surface area contributed by atoms with Crippen molar-refractivity contribution in [2.75, 3.05) is 6.61 Å². The van der Waals surface area contributed by atoms with Crippen LogP contribution in [0.5, 0.6) is 0 Å². The van der Waals surface area contributed by atoms with Crippen molar-refractivity contribution < 1.29 is 29.5 Å². The predicted octanol–water partition coefficient (Wildman–Crippen LogP) is 4.92. The Morgan fingerprint density at radius 2 is 1.31 bits per heavy atom. The minimum absolute atomic E-state index is 0.207. The van der Waals surface area contributed by atoms with E-state index in [1.165, 1.54) is 10.4 Å². The molecule has 0 aromatic heterocycles. The van der Waals surface area contributed by atoms with E-state index in [0.29, 0.717) is 5.56 Å². The first kappa shape index (κ1) is 25.6. The van der Waals surface area contributed by atoms with E-state index in [1.807, 2.05) is 56.3 Å². The zero-order valence-electron chi connectivity index (χ0n) is 24.2. The van der Waals surface area contributed by atoms with Crippen molar-refractivity contribution in [1.29, 1.82) is 0 Å².